The summed E-state index contributed by atoms with van der Waals surface area (Å²) in [6.07, 6.45) is 75.7. The maximum atomic E-state index is 12.5. The Hall–Kier alpha value is -1.40. The Labute approximate surface area is 450 Å². The number of esters is 1. The van der Waals surface area contributed by atoms with Gasteiger partial charge in [0.05, 0.1) is 25.4 Å². The lowest BCUT2D eigenvalue weighted by atomic mass is 10.0. The normalized spacial score (nSPS) is 12.6. The molecule has 6 heteroatoms. The standard InChI is InChI=1S/C66H129NO5/c1-3-5-7-9-11-13-15-34-38-42-46-50-54-58-64(69)63(62-68)67-65(70)59-55-51-47-43-39-36-32-30-28-26-24-22-20-18-17-19-21-23-25-27-29-31-33-37-41-45-49-53-57-61-72-66(71)60-56-52-48-44-40-35-16-14-12-10-8-6-4-2/h54,58,63-64,68-69H,3-53,55-57,59-62H2,1-2H3,(H,67,70)/b58-54+. The van der Waals surface area contributed by atoms with Gasteiger partial charge in [-0.05, 0) is 32.1 Å². The van der Waals surface area contributed by atoms with Crippen molar-refractivity contribution in [3.63, 3.8) is 0 Å². The largest absolute Gasteiger partial charge is 0.466 e. The maximum absolute atomic E-state index is 12.5. The highest BCUT2D eigenvalue weighted by molar-refractivity contribution is 5.76. The van der Waals surface area contributed by atoms with E-state index < -0.39 is 12.1 Å². The van der Waals surface area contributed by atoms with Crippen molar-refractivity contribution < 1.29 is 24.5 Å². The third-order valence-electron chi connectivity index (χ3n) is 15.6. The van der Waals surface area contributed by atoms with Crippen LogP contribution < -0.4 is 5.32 Å². The van der Waals surface area contributed by atoms with Crippen LogP contribution in [0, 0.1) is 0 Å². The van der Waals surface area contributed by atoms with Crippen molar-refractivity contribution >= 4 is 11.9 Å². The molecule has 0 aromatic rings. The van der Waals surface area contributed by atoms with E-state index in [9.17, 15) is 19.8 Å². The van der Waals surface area contributed by atoms with Gasteiger partial charge in [0, 0.05) is 12.8 Å². The van der Waals surface area contributed by atoms with Crippen LogP contribution >= 0.6 is 0 Å². The molecule has 0 bridgehead atoms. The highest BCUT2D eigenvalue weighted by Crippen LogP contribution is 2.19. The first-order valence-corrected chi connectivity index (χ1v) is 33.0. The second kappa shape index (κ2) is 62.1. The van der Waals surface area contributed by atoms with Crippen molar-refractivity contribution in [2.24, 2.45) is 0 Å². The highest BCUT2D eigenvalue weighted by atomic mass is 16.5. The molecule has 0 aliphatic rings. The molecule has 0 heterocycles. The molecule has 72 heavy (non-hydrogen) atoms. The summed E-state index contributed by atoms with van der Waals surface area (Å²) in [5.74, 6) is -0.0415. The second-order valence-corrected chi connectivity index (χ2v) is 22.8. The summed E-state index contributed by atoms with van der Waals surface area (Å²) < 4.78 is 5.49. The Morgan fingerprint density at radius 3 is 0.944 bits per heavy atom. The number of hydrogen-bond acceptors (Lipinski definition) is 5. The molecule has 0 radical (unpaired) electrons. The topological polar surface area (TPSA) is 95.9 Å². The summed E-state index contributed by atoms with van der Waals surface area (Å²) in [5, 5.41) is 23.1. The molecule has 2 unspecified atom stereocenters. The number of amides is 1. The summed E-state index contributed by atoms with van der Waals surface area (Å²) in [6, 6.07) is -0.623. The van der Waals surface area contributed by atoms with Gasteiger partial charge >= 0.3 is 5.97 Å². The fraction of sp³-hybridized carbons (Fsp3) is 0.939. The average Bonchev–Trinajstić information content (AvgIpc) is 3.38. The van der Waals surface area contributed by atoms with Crippen LogP contribution in [0.2, 0.25) is 0 Å². The molecular formula is C66H129NO5. The van der Waals surface area contributed by atoms with E-state index in [-0.39, 0.29) is 18.5 Å². The Morgan fingerprint density at radius 2 is 0.639 bits per heavy atom. The predicted molar refractivity (Wildman–Crippen MR) is 315 cm³/mol. The number of carbonyl (C=O) groups is 2. The molecule has 0 rings (SSSR count). The van der Waals surface area contributed by atoms with Crippen LogP contribution in [0.1, 0.15) is 373 Å². The Balaban J connectivity index is 3.33. The van der Waals surface area contributed by atoms with Gasteiger partial charge in [-0.15, -0.1) is 0 Å². The van der Waals surface area contributed by atoms with E-state index in [1.165, 1.54) is 308 Å². The molecule has 428 valence electrons. The third kappa shape index (κ3) is 57.9. The molecule has 0 aromatic carbocycles. The summed E-state index contributed by atoms with van der Waals surface area (Å²) in [6.45, 7) is 4.93. The van der Waals surface area contributed by atoms with Gasteiger partial charge < -0.3 is 20.3 Å². The predicted octanol–water partition coefficient (Wildman–Crippen LogP) is 20.8. The molecule has 2 atom stereocenters. The van der Waals surface area contributed by atoms with E-state index in [1.54, 1.807) is 6.08 Å². The van der Waals surface area contributed by atoms with Gasteiger partial charge in [0.1, 0.15) is 0 Å². The van der Waals surface area contributed by atoms with Gasteiger partial charge in [-0.2, -0.15) is 0 Å². The van der Waals surface area contributed by atoms with Crippen LogP contribution in [0.15, 0.2) is 12.2 Å². The number of rotatable bonds is 62. The van der Waals surface area contributed by atoms with Crippen molar-refractivity contribution in [3.8, 4) is 0 Å². The van der Waals surface area contributed by atoms with E-state index in [4.69, 9.17) is 4.74 Å². The lowest BCUT2D eigenvalue weighted by Crippen LogP contribution is -2.45. The Kier molecular flexibility index (Phi) is 60.9. The van der Waals surface area contributed by atoms with Crippen LogP contribution in [0.5, 0.6) is 0 Å². The summed E-state index contributed by atoms with van der Waals surface area (Å²) in [4.78, 5) is 24.5. The van der Waals surface area contributed by atoms with E-state index >= 15 is 0 Å². The first-order chi connectivity index (χ1) is 35.5. The Morgan fingerprint density at radius 1 is 0.375 bits per heavy atom. The van der Waals surface area contributed by atoms with Gasteiger partial charge in [0.15, 0.2) is 0 Å². The maximum Gasteiger partial charge on any atom is 0.305 e. The number of ether oxygens (including phenoxy) is 1. The number of allylic oxidation sites excluding steroid dienone is 1. The van der Waals surface area contributed by atoms with E-state index in [0.29, 0.717) is 19.4 Å². The number of unbranched alkanes of at least 4 members (excludes halogenated alkanes) is 51. The van der Waals surface area contributed by atoms with Gasteiger partial charge in [-0.25, -0.2) is 0 Å². The van der Waals surface area contributed by atoms with Crippen molar-refractivity contribution in [1.29, 1.82) is 0 Å². The smallest absolute Gasteiger partial charge is 0.305 e. The quantitative estimate of drug-likeness (QED) is 0.0320. The molecule has 0 fully saturated rings. The van der Waals surface area contributed by atoms with E-state index in [1.807, 2.05) is 6.08 Å². The summed E-state index contributed by atoms with van der Waals surface area (Å²) in [7, 11) is 0. The SMILES string of the molecule is CCCCCCCCCCCCC/C=C/C(O)C(CO)NC(=O)CCCCCCCCCCCCCCCCCCCCCCCCCCCCCCCOC(=O)CCCCCCCCCCCCCCC. The molecular weight excluding hydrogens is 887 g/mol. The van der Waals surface area contributed by atoms with Crippen LogP contribution in [0.4, 0.5) is 0 Å². The number of aliphatic hydroxyl groups is 2. The zero-order valence-electron chi connectivity index (χ0n) is 48.9. The molecule has 0 saturated heterocycles. The molecule has 0 saturated carbocycles. The number of carbonyl (C=O) groups excluding carboxylic acids is 2. The minimum Gasteiger partial charge on any atom is -0.466 e. The van der Waals surface area contributed by atoms with Crippen LogP contribution in [-0.4, -0.2) is 47.4 Å². The zero-order chi connectivity index (χ0) is 52.2. The van der Waals surface area contributed by atoms with Gasteiger partial charge in [0.2, 0.25) is 5.91 Å². The molecule has 0 spiro atoms. The lowest BCUT2D eigenvalue weighted by Gasteiger charge is -2.20. The summed E-state index contributed by atoms with van der Waals surface area (Å²) in [5.41, 5.74) is 0. The van der Waals surface area contributed by atoms with Crippen LogP contribution in [-0.2, 0) is 14.3 Å². The molecule has 3 N–H and O–H groups in total. The molecule has 1 amide bonds. The van der Waals surface area contributed by atoms with Crippen molar-refractivity contribution in [1.82, 2.24) is 5.32 Å². The number of hydrogen-bond donors (Lipinski definition) is 3. The van der Waals surface area contributed by atoms with Gasteiger partial charge in [0.25, 0.3) is 0 Å². The van der Waals surface area contributed by atoms with Gasteiger partial charge in [-0.1, -0.05) is 341 Å². The van der Waals surface area contributed by atoms with Crippen LogP contribution in [0.25, 0.3) is 0 Å². The van der Waals surface area contributed by atoms with Crippen LogP contribution in [0.3, 0.4) is 0 Å². The first kappa shape index (κ1) is 70.6. The molecule has 0 aliphatic carbocycles. The van der Waals surface area contributed by atoms with E-state index in [0.717, 1.165) is 38.5 Å². The fourth-order valence-electron chi connectivity index (χ4n) is 10.5. The lowest BCUT2D eigenvalue weighted by molar-refractivity contribution is -0.143. The van der Waals surface area contributed by atoms with Crippen molar-refractivity contribution in [2.75, 3.05) is 13.2 Å². The molecule has 0 aromatic heterocycles. The van der Waals surface area contributed by atoms with Crippen molar-refractivity contribution in [3.05, 3.63) is 12.2 Å². The van der Waals surface area contributed by atoms with Crippen molar-refractivity contribution in [2.45, 2.75) is 386 Å². The fourth-order valence-corrected chi connectivity index (χ4v) is 10.5. The monoisotopic (exact) mass is 1020 g/mol. The minimum absolute atomic E-state index is 0.0213. The summed E-state index contributed by atoms with van der Waals surface area (Å²) >= 11 is 0. The molecule has 6 nitrogen and oxygen atoms in total. The second-order valence-electron chi connectivity index (χ2n) is 22.8. The Bertz CT molecular complexity index is 1080. The first-order valence-electron chi connectivity index (χ1n) is 33.0. The minimum atomic E-state index is -0.840. The van der Waals surface area contributed by atoms with E-state index in [2.05, 4.69) is 19.2 Å². The third-order valence-corrected chi connectivity index (χ3v) is 15.6. The number of aliphatic hydroxyl groups excluding tert-OH is 2. The number of nitrogens with one attached hydrogen (secondary N) is 1. The average molecular weight is 1020 g/mol. The molecule has 0 aliphatic heterocycles. The van der Waals surface area contributed by atoms with Gasteiger partial charge in [-0.3, -0.25) is 9.59 Å². The zero-order valence-corrected chi connectivity index (χ0v) is 48.9. The highest BCUT2D eigenvalue weighted by Gasteiger charge is 2.18.